The summed E-state index contributed by atoms with van der Waals surface area (Å²) in [4.78, 5) is 4.31. The van der Waals surface area contributed by atoms with Gasteiger partial charge in [-0.1, -0.05) is 18.2 Å². The van der Waals surface area contributed by atoms with Crippen molar-refractivity contribution in [3.8, 4) is 5.69 Å². The van der Waals surface area contributed by atoms with E-state index in [0.29, 0.717) is 6.54 Å². The predicted molar refractivity (Wildman–Crippen MR) is 80.3 cm³/mol. The zero-order valence-electron chi connectivity index (χ0n) is 11.4. The Bertz CT molecular complexity index is 716. The van der Waals surface area contributed by atoms with Crippen molar-refractivity contribution < 1.29 is 0 Å². The average molecular weight is 285 g/mol. The lowest BCUT2D eigenvalue weighted by Crippen LogP contribution is -2.05. The highest BCUT2D eigenvalue weighted by Crippen LogP contribution is 2.17. The SMILES string of the molecule is Cc1ccn(-c2ccccc2CNc2nc(C)ns2)n1. The molecule has 0 spiro atoms. The van der Waals surface area contributed by atoms with Crippen molar-refractivity contribution in [2.45, 2.75) is 20.4 Å². The van der Waals surface area contributed by atoms with E-state index in [1.807, 2.05) is 42.9 Å². The van der Waals surface area contributed by atoms with Crippen molar-refractivity contribution >= 4 is 16.7 Å². The molecule has 20 heavy (non-hydrogen) atoms. The number of hydrogen-bond acceptors (Lipinski definition) is 5. The van der Waals surface area contributed by atoms with Crippen molar-refractivity contribution in [2.24, 2.45) is 0 Å². The van der Waals surface area contributed by atoms with Gasteiger partial charge in [-0.25, -0.2) is 9.67 Å². The molecular formula is C14H15N5S. The minimum Gasteiger partial charge on any atom is -0.356 e. The number of rotatable bonds is 4. The van der Waals surface area contributed by atoms with Crippen LogP contribution in [0, 0.1) is 13.8 Å². The number of aromatic nitrogens is 4. The highest BCUT2D eigenvalue weighted by atomic mass is 32.1. The minimum atomic E-state index is 0.698. The van der Waals surface area contributed by atoms with Crippen LogP contribution in [0.15, 0.2) is 36.5 Å². The summed E-state index contributed by atoms with van der Waals surface area (Å²) in [6.45, 7) is 4.58. The Morgan fingerprint density at radius 2 is 2.05 bits per heavy atom. The van der Waals surface area contributed by atoms with Gasteiger partial charge >= 0.3 is 0 Å². The molecule has 0 radical (unpaired) electrons. The Morgan fingerprint density at radius 3 is 2.75 bits per heavy atom. The molecule has 0 unspecified atom stereocenters. The average Bonchev–Trinajstić information content (AvgIpc) is 3.06. The lowest BCUT2D eigenvalue weighted by molar-refractivity contribution is 0.848. The quantitative estimate of drug-likeness (QED) is 0.800. The lowest BCUT2D eigenvalue weighted by Gasteiger charge is -2.09. The first-order valence-corrected chi connectivity index (χ1v) is 7.14. The topological polar surface area (TPSA) is 55.6 Å². The molecule has 1 aromatic carbocycles. The molecule has 6 heteroatoms. The third-order valence-corrected chi connectivity index (χ3v) is 3.68. The van der Waals surface area contributed by atoms with Crippen LogP contribution >= 0.6 is 11.5 Å². The maximum atomic E-state index is 4.46. The lowest BCUT2D eigenvalue weighted by atomic mass is 10.2. The zero-order valence-corrected chi connectivity index (χ0v) is 12.2. The third-order valence-electron chi connectivity index (χ3n) is 2.92. The molecule has 0 aliphatic carbocycles. The van der Waals surface area contributed by atoms with Crippen LogP contribution in [0.5, 0.6) is 0 Å². The van der Waals surface area contributed by atoms with Gasteiger partial charge < -0.3 is 5.32 Å². The normalized spacial score (nSPS) is 10.7. The summed E-state index contributed by atoms with van der Waals surface area (Å²) >= 11 is 1.38. The molecule has 3 rings (SSSR count). The summed E-state index contributed by atoms with van der Waals surface area (Å²) < 4.78 is 6.06. The van der Waals surface area contributed by atoms with Crippen LogP contribution < -0.4 is 5.32 Å². The molecular weight excluding hydrogens is 270 g/mol. The van der Waals surface area contributed by atoms with Gasteiger partial charge in [0.15, 0.2) is 0 Å². The zero-order chi connectivity index (χ0) is 13.9. The smallest absolute Gasteiger partial charge is 0.202 e. The first-order valence-electron chi connectivity index (χ1n) is 6.37. The van der Waals surface area contributed by atoms with Gasteiger partial charge in [-0.3, -0.25) is 0 Å². The van der Waals surface area contributed by atoms with Crippen molar-refractivity contribution in [2.75, 3.05) is 5.32 Å². The van der Waals surface area contributed by atoms with Crippen molar-refractivity contribution in [3.05, 3.63) is 53.6 Å². The Labute approximate surface area is 121 Å². The third kappa shape index (κ3) is 2.70. The molecule has 0 bridgehead atoms. The summed E-state index contributed by atoms with van der Waals surface area (Å²) in [5.74, 6) is 0.800. The summed E-state index contributed by atoms with van der Waals surface area (Å²) in [5.41, 5.74) is 3.25. The number of hydrogen-bond donors (Lipinski definition) is 1. The summed E-state index contributed by atoms with van der Waals surface area (Å²) in [5, 5.41) is 8.61. The van der Waals surface area contributed by atoms with Gasteiger partial charge in [-0.2, -0.15) is 9.47 Å². The van der Waals surface area contributed by atoms with Crippen molar-refractivity contribution in [1.29, 1.82) is 0 Å². The number of nitrogens with one attached hydrogen (secondary N) is 1. The van der Waals surface area contributed by atoms with Crippen molar-refractivity contribution in [1.82, 2.24) is 19.1 Å². The number of benzene rings is 1. The highest BCUT2D eigenvalue weighted by molar-refractivity contribution is 7.09. The minimum absolute atomic E-state index is 0.698. The van der Waals surface area contributed by atoms with E-state index in [4.69, 9.17) is 0 Å². The molecule has 0 fully saturated rings. The van der Waals surface area contributed by atoms with E-state index >= 15 is 0 Å². The summed E-state index contributed by atoms with van der Waals surface area (Å²) in [6, 6.07) is 10.2. The Balaban J connectivity index is 1.83. The molecule has 2 heterocycles. The monoisotopic (exact) mass is 285 g/mol. The van der Waals surface area contributed by atoms with Crippen LogP contribution in [-0.4, -0.2) is 19.1 Å². The van der Waals surface area contributed by atoms with E-state index in [1.165, 1.54) is 17.1 Å². The van der Waals surface area contributed by atoms with Crippen molar-refractivity contribution in [3.63, 3.8) is 0 Å². The largest absolute Gasteiger partial charge is 0.356 e. The Morgan fingerprint density at radius 1 is 1.20 bits per heavy atom. The van der Waals surface area contributed by atoms with Crippen LogP contribution in [0.3, 0.4) is 0 Å². The number of anilines is 1. The fourth-order valence-corrected chi connectivity index (χ4v) is 2.54. The molecule has 0 aliphatic heterocycles. The van der Waals surface area contributed by atoms with Crippen LogP contribution in [0.25, 0.3) is 5.69 Å². The van der Waals surface area contributed by atoms with E-state index in [2.05, 4.69) is 31.9 Å². The molecule has 5 nitrogen and oxygen atoms in total. The van der Waals surface area contributed by atoms with Crippen LogP contribution in [0.4, 0.5) is 5.13 Å². The molecule has 0 saturated heterocycles. The predicted octanol–water partition coefficient (Wildman–Crippen LogP) is 2.95. The van der Waals surface area contributed by atoms with Gasteiger partial charge in [0.05, 0.1) is 11.4 Å². The number of aryl methyl sites for hydroxylation is 2. The molecule has 3 aromatic rings. The highest BCUT2D eigenvalue weighted by Gasteiger charge is 2.06. The van der Waals surface area contributed by atoms with E-state index in [1.54, 1.807) is 0 Å². The van der Waals surface area contributed by atoms with E-state index < -0.39 is 0 Å². The van der Waals surface area contributed by atoms with Gasteiger partial charge in [-0.15, -0.1) is 0 Å². The maximum absolute atomic E-state index is 4.46. The Hall–Kier alpha value is -2.21. The van der Waals surface area contributed by atoms with E-state index in [9.17, 15) is 0 Å². The second kappa shape index (κ2) is 5.42. The summed E-state index contributed by atoms with van der Waals surface area (Å²) in [6.07, 6.45) is 1.98. The van der Waals surface area contributed by atoms with Gasteiger partial charge in [0.25, 0.3) is 0 Å². The number of nitrogens with zero attached hydrogens (tertiary/aromatic N) is 4. The van der Waals surface area contributed by atoms with Gasteiger partial charge in [-0.05, 0) is 31.5 Å². The molecule has 0 aliphatic rings. The molecule has 0 saturated carbocycles. The van der Waals surface area contributed by atoms with Gasteiger partial charge in [0.2, 0.25) is 5.13 Å². The van der Waals surface area contributed by atoms with Crippen LogP contribution in [0.2, 0.25) is 0 Å². The second-order valence-corrected chi connectivity index (χ2v) is 5.28. The fraction of sp³-hybridized carbons (Fsp3) is 0.214. The maximum Gasteiger partial charge on any atom is 0.202 e. The molecule has 2 aromatic heterocycles. The van der Waals surface area contributed by atoms with Crippen LogP contribution in [-0.2, 0) is 6.54 Å². The molecule has 102 valence electrons. The Kier molecular flexibility index (Phi) is 3.47. The van der Waals surface area contributed by atoms with E-state index in [0.717, 1.165) is 22.3 Å². The van der Waals surface area contributed by atoms with Gasteiger partial charge in [0, 0.05) is 24.3 Å². The molecule has 0 atom stereocenters. The van der Waals surface area contributed by atoms with E-state index in [-0.39, 0.29) is 0 Å². The summed E-state index contributed by atoms with van der Waals surface area (Å²) in [7, 11) is 0. The first-order chi connectivity index (χ1) is 9.72. The fourth-order valence-electron chi connectivity index (χ4n) is 1.97. The van der Waals surface area contributed by atoms with Crippen LogP contribution in [0.1, 0.15) is 17.1 Å². The standard InChI is InChI=1S/C14H15N5S/c1-10-7-8-19(17-10)13-6-4-3-5-12(13)9-15-14-16-11(2)18-20-14/h3-8H,9H2,1-2H3,(H,15,16,18). The second-order valence-electron chi connectivity index (χ2n) is 4.53. The number of para-hydroxylation sites is 1. The van der Waals surface area contributed by atoms with Gasteiger partial charge in [0.1, 0.15) is 5.82 Å². The molecule has 1 N–H and O–H groups in total. The molecule has 0 amide bonds. The first kappa shape index (κ1) is 12.8.